The highest BCUT2D eigenvalue weighted by Gasteiger charge is 2.47. The summed E-state index contributed by atoms with van der Waals surface area (Å²) in [6, 6.07) is 17.6. The molecule has 1 aliphatic rings. The molecule has 7 heteroatoms. The Balaban J connectivity index is 1.89. The molecule has 180 valence electrons. The Morgan fingerprint density at radius 2 is 1.77 bits per heavy atom. The Labute approximate surface area is 209 Å². The van der Waals surface area contributed by atoms with Crippen LogP contribution in [0.5, 0.6) is 11.5 Å². The highest BCUT2D eigenvalue weighted by molar-refractivity contribution is 6.51. The smallest absolute Gasteiger partial charge is 0.300 e. The first-order chi connectivity index (χ1) is 16.8. The number of amides is 1. The average Bonchev–Trinajstić information content (AvgIpc) is 3.14. The summed E-state index contributed by atoms with van der Waals surface area (Å²) in [6.07, 6.45) is 1.65. The average molecular weight is 492 g/mol. The van der Waals surface area contributed by atoms with E-state index in [1.807, 2.05) is 26.0 Å². The summed E-state index contributed by atoms with van der Waals surface area (Å²) in [6.45, 7) is 4.52. The number of nitrogens with zero attached hydrogens (tertiary/aromatic N) is 1. The number of aliphatic hydroxyl groups is 1. The maximum atomic E-state index is 13.3. The maximum Gasteiger partial charge on any atom is 0.300 e. The molecular weight excluding hydrogens is 466 g/mol. The molecule has 1 atom stereocenters. The molecule has 1 fully saturated rings. The molecule has 0 saturated carbocycles. The summed E-state index contributed by atoms with van der Waals surface area (Å²) >= 11 is 6.18. The van der Waals surface area contributed by atoms with Crippen LogP contribution in [-0.4, -0.2) is 28.5 Å². The number of ketones is 1. The molecule has 1 aliphatic heterocycles. The van der Waals surface area contributed by atoms with Crippen molar-refractivity contribution in [3.05, 3.63) is 94.0 Å². The number of ether oxygens (including phenoxy) is 1. The van der Waals surface area contributed by atoms with Crippen molar-refractivity contribution >= 4 is 34.7 Å². The lowest BCUT2D eigenvalue weighted by atomic mass is 9.95. The van der Waals surface area contributed by atoms with Crippen LogP contribution in [0.1, 0.15) is 43.0 Å². The minimum Gasteiger partial charge on any atom is -0.507 e. The van der Waals surface area contributed by atoms with Gasteiger partial charge in [-0.15, -0.1) is 0 Å². The van der Waals surface area contributed by atoms with Crippen molar-refractivity contribution in [3.63, 3.8) is 0 Å². The number of phenolic OH excluding ortho intramolecular Hbond substituents is 1. The predicted molar refractivity (Wildman–Crippen MR) is 136 cm³/mol. The Hall–Kier alpha value is -3.77. The molecule has 6 nitrogen and oxygen atoms in total. The lowest BCUT2D eigenvalue weighted by Gasteiger charge is -2.26. The quantitative estimate of drug-likeness (QED) is 0.239. The van der Waals surface area contributed by atoms with Gasteiger partial charge in [0.15, 0.2) is 0 Å². The van der Waals surface area contributed by atoms with E-state index < -0.39 is 17.7 Å². The summed E-state index contributed by atoms with van der Waals surface area (Å²) in [5.41, 5.74) is 2.36. The Bertz CT molecular complexity index is 1300. The first-order valence-electron chi connectivity index (χ1n) is 11.5. The first-order valence-corrected chi connectivity index (χ1v) is 11.8. The van der Waals surface area contributed by atoms with Crippen molar-refractivity contribution in [2.75, 3.05) is 11.5 Å². The molecular formula is C28H26ClNO5. The number of aromatic hydroxyl groups is 1. The van der Waals surface area contributed by atoms with Crippen LogP contribution in [0, 0.1) is 0 Å². The van der Waals surface area contributed by atoms with Crippen LogP contribution in [0.15, 0.2) is 72.3 Å². The van der Waals surface area contributed by atoms with Gasteiger partial charge in [0.1, 0.15) is 17.3 Å². The Morgan fingerprint density at radius 1 is 1.03 bits per heavy atom. The van der Waals surface area contributed by atoms with Crippen LogP contribution in [0.25, 0.3) is 5.76 Å². The monoisotopic (exact) mass is 491 g/mol. The number of benzene rings is 3. The van der Waals surface area contributed by atoms with Crippen molar-refractivity contribution in [2.24, 2.45) is 0 Å². The van der Waals surface area contributed by atoms with E-state index in [2.05, 4.69) is 0 Å². The van der Waals surface area contributed by atoms with E-state index in [0.717, 1.165) is 18.4 Å². The van der Waals surface area contributed by atoms with Gasteiger partial charge in [-0.05, 0) is 60.4 Å². The third-order valence-corrected chi connectivity index (χ3v) is 6.24. The molecule has 2 N–H and O–H groups in total. The van der Waals surface area contributed by atoms with Crippen LogP contribution in [0.3, 0.4) is 0 Å². The second-order valence-corrected chi connectivity index (χ2v) is 8.68. The van der Waals surface area contributed by atoms with Gasteiger partial charge < -0.3 is 14.9 Å². The molecule has 4 rings (SSSR count). The second-order valence-electron chi connectivity index (χ2n) is 8.28. The van der Waals surface area contributed by atoms with E-state index >= 15 is 0 Å². The molecule has 1 unspecified atom stereocenters. The van der Waals surface area contributed by atoms with Crippen LogP contribution >= 0.6 is 11.6 Å². The zero-order valence-electron chi connectivity index (χ0n) is 19.5. The summed E-state index contributed by atoms with van der Waals surface area (Å²) in [5.74, 6) is -1.46. The van der Waals surface area contributed by atoms with Crippen LogP contribution in [0.2, 0.25) is 5.02 Å². The molecule has 3 aromatic carbocycles. The number of carbonyl (C=O) groups is 2. The van der Waals surface area contributed by atoms with Crippen molar-refractivity contribution < 1.29 is 24.5 Å². The molecule has 0 aliphatic carbocycles. The van der Waals surface area contributed by atoms with Gasteiger partial charge in [0.05, 0.1) is 23.2 Å². The molecule has 0 aromatic heterocycles. The number of rotatable bonds is 7. The zero-order chi connectivity index (χ0) is 25.1. The second kappa shape index (κ2) is 10.2. The van der Waals surface area contributed by atoms with E-state index in [1.54, 1.807) is 42.5 Å². The van der Waals surface area contributed by atoms with E-state index in [0.29, 0.717) is 29.2 Å². The predicted octanol–water partition coefficient (Wildman–Crippen LogP) is 6.02. The summed E-state index contributed by atoms with van der Waals surface area (Å²) < 4.78 is 5.67. The third kappa shape index (κ3) is 4.75. The number of hydrogen-bond acceptors (Lipinski definition) is 5. The summed E-state index contributed by atoms with van der Waals surface area (Å²) in [7, 11) is 0. The molecule has 1 heterocycles. The van der Waals surface area contributed by atoms with Crippen molar-refractivity contribution in [1.82, 2.24) is 0 Å². The van der Waals surface area contributed by atoms with Crippen LogP contribution in [0.4, 0.5) is 5.69 Å². The summed E-state index contributed by atoms with van der Waals surface area (Å²) in [5, 5.41) is 21.3. The summed E-state index contributed by atoms with van der Waals surface area (Å²) in [4.78, 5) is 27.9. The van der Waals surface area contributed by atoms with Gasteiger partial charge in [-0.25, -0.2) is 0 Å². The largest absolute Gasteiger partial charge is 0.507 e. The maximum absolute atomic E-state index is 13.3. The van der Waals surface area contributed by atoms with Gasteiger partial charge in [-0.2, -0.15) is 0 Å². The third-order valence-electron chi connectivity index (χ3n) is 5.93. The number of hydrogen-bond donors (Lipinski definition) is 2. The lowest BCUT2D eigenvalue weighted by molar-refractivity contribution is -0.132. The molecule has 1 saturated heterocycles. The number of carbonyl (C=O) groups excluding carboxylic acids is 2. The van der Waals surface area contributed by atoms with E-state index in [4.69, 9.17) is 16.3 Å². The number of aryl methyl sites for hydroxylation is 1. The SMILES string of the molecule is CCCOc1cccc(/C(O)=C2/C(=O)C(=O)N(c3ccc(CC)cc3)C2c2ccc(O)c(Cl)c2)c1. The van der Waals surface area contributed by atoms with Crippen molar-refractivity contribution in [1.29, 1.82) is 0 Å². The number of phenols is 1. The van der Waals surface area contributed by atoms with Gasteiger partial charge in [-0.3, -0.25) is 14.5 Å². The van der Waals surface area contributed by atoms with E-state index in [-0.39, 0.29) is 22.1 Å². The first kappa shape index (κ1) is 24.4. The van der Waals surface area contributed by atoms with Gasteiger partial charge in [-0.1, -0.05) is 55.8 Å². The Morgan fingerprint density at radius 3 is 2.43 bits per heavy atom. The van der Waals surface area contributed by atoms with E-state index in [1.165, 1.54) is 17.0 Å². The molecule has 3 aromatic rings. The van der Waals surface area contributed by atoms with Gasteiger partial charge in [0.25, 0.3) is 11.7 Å². The highest BCUT2D eigenvalue weighted by atomic mass is 35.5. The van der Waals surface area contributed by atoms with Gasteiger partial charge in [0, 0.05) is 11.3 Å². The molecule has 1 amide bonds. The van der Waals surface area contributed by atoms with Crippen molar-refractivity contribution in [3.8, 4) is 11.5 Å². The number of halogens is 1. The fourth-order valence-electron chi connectivity index (χ4n) is 4.11. The molecule has 35 heavy (non-hydrogen) atoms. The minimum absolute atomic E-state index is 0.0658. The fourth-order valence-corrected chi connectivity index (χ4v) is 4.30. The molecule has 0 spiro atoms. The molecule has 0 bridgehead atoms. The molecule has 0 radical (unpaired) electrons. The van der Waals surface area contributed by atoms with Crippen LogP contribution < -0.4 is 9.64 Å². The van der Waals surface area contributed by atoms with E-state index in [9.17, 15) is 19.8 Å². The highest BCUT2D eigenvalue weighted by Crippen LogP contribution is 2.43. The number of anilines is 1. The lowest BCUT2D eigenvalue weighted by Crippen LogP contribution is -2.29. The topological polar surface area (TPSA) is 87.1 Å². The number of aliphatic hydroxyl groups excluding tert-OH is 1. The normalized spacial score (nSPS) is 17.1. The van der Waals surface area contributed by atoms with Gasteiger partial charge in [0.2, 0.25) is 0 Å². The fraction of sp³-hybridized carbons (Fsp3) is 0.214. The van der Waals surface area contributed by atoms with Gasteiger partial charge >= 0.3 is 0 Å². The minimum atomic E-state index is -0.944. The number of Topliss-reactive ketones (excluding diaryl/α,β-unsaturated/α-hetero) is 1. The zero-order valence-corrected chi connectivity index (χ0v) is 20.2. The Kier molecular flexibility index (Phi) is 7.12. The van der Waals surface area contributed by atoms with Crippen molar-refractivity contribution in [2.45, 2.75) is 32.7 Å². The standard InChI is InChI=1S/C28H26ClNO5/c1-3-14-35-21-7-5-6-19(15-21)26(32)24-25(18-10-13-23(31)22(29)16-18)30(28(34)27(24)33)20-11-8-17(4-2)9-12-20/h5-13,15-16,25,31-32H,3-4,14H2,1-2H3/b26-24-. The van der Waals surface area contributed by atoms with Crippen LogP contribution in [-0.2, 0) is 16.0 Å².